The molecule has 0 aliphatic heterocycles. The Labute approximate surface area is 152 Å². The summed E-state index contributed by atoms with van der Waals surface area (Å²) in [6, 6.07) is 13.5. The number of hydrogen-bond acceptors (Lipinski definition) is 4. The molecule has 134 valence electrons. The Morgan fingerprint density at radius 3 is 2.58 bits per heavy atom. The fourth-order valence-corrected chi connectivity index (χ4v) is 2.46. The van der Waals surface area contributed by atoms with Crippen LogP contribution in [0.2, 0.25) is 0 Å². The third-order valence-electron chi connectivity index (χ3n) is 3.87. The van der Waals surface area contributed by atoms with E-state index in [1.54, 1.807) is 12.4 Å². The van der Waals surface area contributed by atoms with Crippen LogP contribution in [0.3, 0.4) is 0 Å². The number of aromatic nitrogens is 3. The van der Waals surface area contributed by atoms with Crippen molar-refractivity contribution in [3.63, 3.8) is 0 Å². The lowest BCUT2D eigenvalue weighted by molar-refractivity contribution is 0.252. The van der Waals surface area contributed by atoms with Gasteiger partial charge in [0.05, 0.1) is 17.6 Å². The fourth-order valence-electron chi connectivity index (χ4n) is 2.46. The van der Waals surface area contributed by atoms with Crippen molar-refractivity contribution in [2.75, 3.05) is 30.9 Å². The normalized spacial score (nSPS) is 10.4. The maximum Gasteiger partial charge on any atom is 0.319 e. The van der Waals surface area contributed by atoms with Gasteiger partial charge < -0.3 is 15.5 Å². The first-order valence-electron chi connectivity index (χ1n) is 8.39. The molecular weight excluding hydrogens is 328 g/mol. The lowest BCUT2D eigenvalue weighted by Gasteiger charge is -2.12. The van der Waals surface area contributed by atoms with E-state index in [-0.39, 0.29) is 6.03 Å². The number of urea groups is 1. The second kappa shape index (κ2) is 8.15. The fraction of sp³-hybridized carbons (Fsp3) is 0.211. The molecule has 0 fully saturated rings. The zero-order valence-electron chi connectivity index (χ0n) is 14.9. The highest BCUT2D eigenvalue weighted by Gasteiger charge is 2.03. The van der Waals surface area contributed by atoms with Crippen molar-refractivity contribution in [3.8, 4) is 5.69 Å². The molecule has 0 aliphatic carbocycles. The highest BCUT2D eigenvalue weighted by Crippen LogP contribution is 2.11. The van der Waals surface area contributed by atoms with Crippen molar-refractivity contribution < 1.29 is 4.79 Å². The van der Waals surface area contributed by atoms with Gasteiger partial charge in [-0.05, 0) is 42.3 Å². The number of nitrogens with zero attached hydrogens (tertiary/aromatic N) is 4. The summed E-state index contributed by atoms with van der Waals surface area (Å²) >= 11 is 0. The van der Waals surface area contributed by atoms with Gasteiger partial charge in [-0.1, -0.05) is 12.1 Å². The molecule has 0 unspecified atom stereocenters. The molecule has 0 saturated heterocycles. The molecule has 0 spiro atoms. The van der Waals surface area contributed by atoms with Gasteiger partial charge in [-0.25, -0.2) is 14.5 Å². The molecule has 2 N–H and O–H groups in total. The summed E-state index contributed by atoms with van der Waals surface area (Å²) in [5, 5.41) is 9.83. The number of hydrogen-bond donors (Lipinski definition) is 2. The van der Waals surface area contributed by atoms with Gasteiger partial charge in [0, 0.05) is 33.0 Å². The average Bonchev–Trinajstić information content (AvgIpc) is 3.17. The van der Waals surface area contributed by atoms with E-state index in [1.807, 2.05) is 72.3 Å². The lowest BCUT2D eigenvalue weighted by Crippen LogP contribution is -2.30. The molecular formula is C19H22N6O. The Balaban J connectivity index is 1.44. The molecule has 2 heterocycles. The lowest BCUT2D eigenvalue weighted by atomic mass is 10.1. The molecule has 0 atom stereocenters. The van der Waals surface area contributed by atoms with Gasteiger partial charge >= 0.3 is 6.03 Å². The first kappa shape index (κ1) is 17.5. The van der Waals surface area contributed by atoms with Gasteiger partial charge in [0.25, 0.3) is 0 Å². The van der Waals surface area contributed by atoms with Crippen LogP contribution in [0.4, 0.5) is 16.3 Å². The number of amides is 2. The molecule has 7 nitrogen and oxygen atoms in total. The number of carbonyl (C=O) groups is 1. The molecule has 2 aromatic heterocycles. The molecule has 3 rings (SSSR count). The van der Waals surface area contributed by atoms with Gasteiger partial charge in [0.15, 0.2) is 0 Å². The van der Waals surface area contributed by atoms with E-state index in [9.17, 15) is 4.79 Å². The van der Waals surface area contributed by atoms with Gasteiger partial charge in [-0.15, -0.1) is 0 Å². The topological polar surface area (TPSA) is 75.1 Å². The Morgan fingerprint density at radius 1 is 1.15 bits per heavy atom. The first-order chi connectivity index (χ1) is 12.6. The Kier molecular flexibility index (Phi) is 5.48. The summed E-state index contributed by atoms with van der Waals surface area (Å²) in [4.78, 5) is 18.1. The predicted octanol–water partition coefficient (Wildman–Crippen LogP) is 2.70. The van der Waals surface area contributed by atoms with Crippen LogP contribution < -0.4 is 15.5 Å². The standard InChI is InChI=1S/C19H22N6O/c1-24(2)18-9-6-16(14-21-18)23-19(26)20-12-10-15-4-7-17(8-5-15)25-13-3-11-22-25/h3-9,11,13-14H,10,12H2,1-2H3,(H2,20,23,26). The summed E-state index contributed by atoms with van der Waals surface area (Å²) in [6.07, 6.45) is 6.05. The Morgan fingerprint density at radius 2 is 1.96 bits per heavy atom. The minimum Gasteiger partial charge on any atom is -0.363 e. The minimum atomic E-state index is -0.238. The van der Waals surface area contributed by atoms with E-state index in [1.165, 1.54) is 0 Å². The van der Waals surface area contributed by atoms with Crippen molar-refractivity contribution in [1.82, 2.24) is 20.1 Å². The second-order valence-electron chi connectivity index (χ2n) is 6.05. The van der Waals surface area contributed by atoms with Gasteiger partial charge in [-0.3, -0.25) is 0 Å². The van der Waals surface area contributed by atoms with Crippen LogP contribution in [-0.2, 0) is 6.42 Å². The van der Waals surface area contributed by atoms with Crippen LogP contribution >= 0.6 is 0 Å². The van der Waals surface area contributed by atoms with E-state index < -0.39 is 0 Å². The monoisotopic (exact) mass is 350 g/mol. The molecule has 0 bridgehead atoms. The quantitative estimate of drug-likeness (QED) is 0.717. The van der Waals surface area contributed by atoms with E-state index in [2.05, 4.69) is 20.7 Å². The van der Waals surface area contributed by atoms with E-state index in [4.69, 9.17) is 0 Å². The van der Waals surface area contributed by atoms with Crippen LogP contribution in [0.15, 0.2) is 61.1 Å². The summed E-state index contributed by atoms with van der Waals surface area (Å²) in [7, 11) is 3.84. The number of carbonyl (C=O) groups excluding carboxylic acids is 1. The molecule has 0 radical (unpaired) electrons. The smallest absolute Gasteiger partial charge is 0.319 e. The Hall–Kier alpha value is -3.35. The van der Waals surface area contributed by atoms with Crippen molar-refractivity contribution in [2.45, 2.75) is 6.42 Å². The third-order valence-corrected chi connectivity index (χ3v) is 3.87. The molecule has 0 aliphatic rings. The van der Waals surface area contributed by atoms with Gasteiger partial charge in [0.1, 0.15) is 5.82 Å². The molecule has 26 heavy (non-hydrogen) atoms. The van der Waals surface area contributed by atoms with Crippen LogP contribution in [0.5, 0.6) is 0 Å². The summed E-state index contributed by atoms with van der Waals surface area (Å²) in [6.45, 7) is 0.552. The Bertz CT molecular complexity index is 825. The predicted molar refractivity (Wildman–Crippen MR) is 103 cm³/mol. The van der Waals surface area contributed by atoms with Crippen molar-refractivity contribution >= 4 is 17.5 Å². The van der Waals surface area contributed by atoms with E-state index in [0.717, 1.165) is 23.5 Å². The second-order valence-corrected chi connectivity index (χ2v) is 6.05. The first-order valence-corrected chi connectivity index (χ1v) is 8.39. The molecule has 1 aromatic carbocycles. The zero-order chi connectivity index (χ0) is 18.4. The van der Waals surface area contributed by atoms with Gasteiger partial charge in [-0.2, -0.15) is 5.10 Å². The minimum absolute atomic E-state index is 0.238. The average molecular weight is 350 g/mol. The van der Waals surface area contributed by atoms with Crippen molar-refractivity contribution in [1.29, 1.82) is 0 Å². The highest BCUT2D eigenvalue weighted by molar-refractivity contribution is 5.89. The largest absolute Gasteiger partial charge is 0.363 e. The van der Waals surface area contributed by atoms with Crippen LogP contribution in [0, 0.1) is 0 Å². The van der Waals surface area contributed by atoms with E-state index in [0.29, 0.717) is 12.2 Å². The van der Waals surface area contributed by atoms with Crippen LogP contribution in [-0.4, -0.2) is 41.4 Å². The SMILES string of the molecule is CN(C)c1ccc(NC(=O)NCCc2ccc(-n3cccn3)cc2)cn1. The summed E-state index contributed by atoms with van der Waals surface area (Å²) in [5.74, 6) is 0.842. The number of rotatable bonds is 6. The van der Waals surface area contributed by atoms with Crippen molar-refractivity contribution in [2.24, 2.45) is 0 Å². The molecule has 7 heteroatoms. The number of nitrogens with one attached hydrogen (secondary N) is 2. The maximum absolute atomic E-state index is 12.0. The number of benzene rings is 1. The zero-order valence-corrected chi connectivity index (χ0v) is 14.9. The van der Waals surface area contributed by atoms with Gasteiger partial charge in [0.2, 0.25) is 0 Å². The molecule has 2 amide bonds. The van der Waals surface area contributed by atoms with Crippen LogP contribution in [0.1, 0.15) is 5.56 Å². The van der Waals surface area contributed by atoms with E-state index >= 15 is 0 Å². The summed E-state index contributed by atoms with van der Waals surface area (Å²) in [5.41, 5.74) is 2.83. The summed E-state index contributed by atoms with van der Waals surface area (Å²) < 4.78 is 1.81. The highest BCUT2D eigenvalue weighted by atomic mass is 16.2. The number of anilines is 2. The van der Waals surface area contributed by atoms with Crippen molar-refractivity contribution in [3.05, 3.63) is 66.6 Å². The molecule has 0 saturated carbocycles. The maximum atomic E-state index is 12.0. The third kappa shape index (κ3) is 4.60. The number of pyridine rings is 1. The molecule has 3 aromatic rings. The van der Waals surface area contributed by atoms with Crippen LogP contribution in [0.25, 0.3) is 5.69 Å².